The second kappa shape index (κ2) is 4.77. The van der Waals surface area contributed by atoms with E-state index in [4.69, 9.17) is 0 Å². The molecule has 2 rings (SSSR count). The zero-order valence-corrected chi connectivity index (χ0v) is 9.69. The summed E-state index contributed by atoms with van der Waals surface area (Å²) in [7, 11) is 0. The zero-order valence-electron chi connectivity index (χ0n) is 8.88. The average Bonchev–Trinajstić information content (AvgIpc) is 2.55. The summed E-state index contributed by atoms with van der Waals surface area (Å²) >= 11 is 1.70. The van der Waals surface area contributed by atoms with Gasteiger partial charge in [0.2, 0.25) is 5.91 Å². The molecule has 1 aromatic heterocycles. The number of nitrogens with one attached hydrogen (secondary N) is 2. The zero-order chi connectivity index (χ0) is 10.7. The van der Waals surface area contributed by atoms with Gasteiger partial charge in [0.25, 0.3) is 0 Å². The van der Waals surface area contributed by atoms with Crippen LogP contribution in [-0.2, 0) is 11.3 Å². The Morgan fingerprint density at radius 3 is 3.00 bits per heavy atom. The summed E-state index contributed by atoms with van der Waals surface area (Å²) in [6, 6.07) is 2.09. The fraction of sp³-hybridized carbons (Fsp3) is 0.545. The quantitative estimate of drug-likeness (QED) is 0.809. The lowest BCUT2D eigenvalue weighted by molar-refractivity contribution is -0.122. The summed E-state index contributed by atoms with van der Waals surface area (Å²) in [6.07, 6.45) is 0.664. The Balaban J connectivity index is 1.73. The molecule has 0 atom stereocenters. The first-order valence-electron chi connectivity index (χ1n) is 5.26. The van der Waals surface area contributed by atoms with Crippen molar-refractivity contribution < 1.29 is 4.79 Å². The molecule has 0 unspecified atom stereocenters. The topological polar surface area (TPSA) is 41.1 Å². The highest BCUT2D eigenvalue weighted by Crippen LogP contribution is 2.15. The Labute approximate surface area is 93.9 Å². The van der Waals surface area contributed by atoms with Crippen molar-refractivity contribution in [3.05, 3.63) is 21.9 Å². The molecular formula is C11H16N2OS. The van der Waals surface area contributed by atoms with Crippen LogP contribution in [0.5, 0.6) is 0 Å². The number of thiophene rings is 1. The van der Waals surface area contributed by atoms with Crippen molar-refractivity contribution in [2.75, 3.05) is 13.1 Å². The van der Waals surface area contributed by atoms with Gasteiger partial charge in [-0.25, -0.2) is 0 Å². The van der Waals surface area contributed by atoms with Crippen molar-refractivity contribution in [3.8, 4) is 0 Å². The molecular weight excluding hydrogens is 208 g/mol. The first kappa shape index (κ1) is 10.6. The predicted molar refractivity (Wildman–Crippen MR) is 61.9 cm³/mol. The first-order valence-corrected chi connectivity index (χ1v) is 6.14. The monoisotopic (exact) mass is 224 g/mol. The molecule has 0 radical (unpaired) electrons. The third kappa shape index (κ3) is 2.79. The van der Waals surface area contributed by atoms with Gasteiger partial charge in [0, 0.05) is 11.3 Å². The molecule has 1 aromatic rings. The van der Waals surface area contributed by atoms with Crippen LogP contribution < -0.4 is 10.6 Å². The Kier molecular flexibility index (Phi) is 3.38. The van der Waals surface area contributed by atoms with Crippen molar-refractivity contribution in [1.29, 1.82) is 0 Å². The number of aryl methyl sites for hydroxylation is 1. The molecule has 4 heteroatoms. The molecule has 0 spiro atoms. The molecule has 1 fully saturated rings. The van der Waals surface area contributed by atoms with Gasteiger partial charge in [-0.1, -0.05) is 0 Å². The summed E-state index contributed by atoms with van der Waals surface area (Å²) in [5.41, 5.74) is 1.27. The summed E-state index contributed by atoms with van der Waals surface area (Å²) in [5.74, 6) is 0.726. The van der Waals surface area contributed by atoms with E-state index in [0.29, 0.717) is 18.9 Å². The largest absolute Gasteiger partial charge is 0.351 e. The van der Waals surface area contributed by atoms with Gasteiger partial charge in [-0.15, -0.1) is 11.3 Å². The van der Waals surface area contributed by atoms with E-state index in [2.05, 4.69) is 29.0 Å². The van der Waals surface area contributed by atoms with Crippen molar-refractivity contribution in [2.24, 2.45) is 5.92 Å². The molecule has 82 valence electrons. The van der Waals surface area contributed by atoms with E-state index in [9.17, 15) is 4.79 Å². The summed E-state index contributed by atoms with van der Waals surface area (Å²) in [5, 5.41) is 8.20. The average molecular weight is 224 g/mol. The highest BCUT2D eigenvalue weighted by Gasteiger charge is 2.19. The van der Waals surface area contributed by atoms with E-state index in [1.807, 2.05) is 0 Å². The Morgan fingerprint density at radius 1 is 1.67 bits per heavy atom. The highest BCUT2D eigenvalue weighted by atomic mass is 32.1. The molecule has 2 heterocycles. The van der Waals surface area contributed by atoms with Gasteiger partial charge in [0.15, 0.2) is 0 Å². The lowest BCUT2D eigenvalue weighted by atomic mass is 9.99. The van der Waals surface area contributed by atoms with Crippen molar-refractivity contribution in [2.45, 2.75) is 19.9 Å². The lowest BCUT2D eigenvalue weighted by Gasteiger charge is -2.26. The molecule has 1 aliphatic heterocycles. The molecule has 0 aromatic carbocycles. The van der Waals surface area contributed by atoms with Crippen LogP contribution >= 0.6 is 11.3 Å². The molecule has 1 saturated heterocycles. The molecule has 3 nitrogen and oxygen atoms in total. The van der Waals surface area contributed by atoms with Crippen LogP contribution in [0.15, 0.2) is 11.4 Å². The molecule has 0 saturated carbocycles. The number of hydrogen-bond acceptors (Lipinski definition) is 3. The summed E-state index contributed by atoms with van der Waals surface area (Å²) in [4.78, 5) is 12.8. The summed E-state index contributed by atoms with van der Waals surface area (Å²) < 4.78 is 0. The number of amides is 1. The Morgan fingerprint density at radius 2 is 2.47 bits per heavy atom. The highest BCUT2D eigenvalue weighted by molar-refractivity contribution is 7.10. The molecule has 0 bridgehead atoms. The number of carbonyl (C=O) groups is 1. The van der Waals surface area contributed by atoms with E-state index in [1.165, 1.54) is 10.4 Å². The maximum atomic E-state index is 11.5. The van der Waals surface area contributed by atoms with Crippen LogP contribution in [0.2, 0.25) is 0 Å². The smallest absolute Gasteiger partial charge is 0.220 e. The Hall–Kier alpha value is -0.870. The maximum Gasteiger partial charge on any atom is 0.220 e. The predicted octanol–water partition coefficient (Wildman–Crippen LogP) is 1.28. The van der Waals surface area contributed by atoms with Crippen LogP contribution in [0.3, 0.4) is 0 Å². The van der Waals surface area contributed by atoms with Gasteiger partial charge in [-0.2, -0.15) is 0 Å². The Bertz CT molecular complexity index is 344. The second-order valence-electron chi connectivity index (χ2n) is 4.03. The van der Waals surface area contributed by atoms with Gasteiger partial charge in [-0.05, 0) is 42.9 Å². The van der Waals surface area contributed by atoms with Crippen LogP contribution in [0.25, 0.3) is 0 Å². The SMILES string of the molecule is Cc1ccsc1CNC(=O)CC1CNC1. The lowest BCUT2D eigenvalue weighted by Crippen LogP contribution is -2.44. The molecule has 1 amide bonds. The van der Waals surface area contributed by atoms with Crippen molar-refractivity contribution in [3.63, 3.8) is 0 Å². The third-order valence-electron chi connectivity index (χ3n) is 2.75. The number of carbonyl (C=O) groups excluding carboxylic acids is 1. The van der Waals surface area contributed by atoms with Crippen LogP contribution in [0.4, 0.5) is 0 Å². The minimum atomic E-state index is 0.175. The van der Waals surface area contributed by atoms with E-state index >= 15 is 0 Å². The van der Waals surface area contributed by atoms with Crippen LogP contribution in [0, 0.1) is 12.8 Å². The number of rotatable bonds is 4. The van der Waals surface area contributed by atoms with Crippen molar-refractivity contribution >= 4 is 17.2 Å². The van der Waals surface area contributed by atoms with Crippen LogP contribution in [-0.4, -0.2) is 19.0 Å². The van der Waals surface area contributed by atoms with Gasteiger partial charge >= 0.3 is 0 Å². The van der Waals surface area contributed by atoms with E-state index in [1.54, 1.807) is 11.3 Å². The molecule has 15 heavy (non-hydrogen) atoms. The third-order valence-corrected chi connectivity index (χ3v) is 3.78. The van der Waals surface area contributed by atoms with E-state index in [-0.39, 0.29) is 5.91 Å². The van der Waals surface area contributed by atoms with Crippen LogP contribution in [0.1, 0.15) is 16.9 Å². The summed E-state index contributed by atoms with van der Waals surface area (Å²) in [6.45, 7) is 4.74. The number of hydrogen-bond donors (Lipinski definition) is 2. The normalized spacial score (nSPS) is 16.1. The molecule has 1 aliphatic rings. The molecule has 0 aliphatic carbocycles. The van der Waals surface area contributed by atoms with E-state index < -0.39 is 0 Å². The van der Waals surface area contributed by atoms with Crippen molar-refractivity contribution in [1.82, 2.24) is 10.6 Å². The first-order chi connectivity index (χ1) is 7.25. The van der Waals surface area contributed by atoms with Gasteiger partial charge < -0.3 is 10.6 Å². The fourth-order valence-corrected chi connectivity index (χ4v) is 2.44. The second-order valence-corrected chi connectivity index (χ2v) is 5.03. The standard InChI is InChI=1S/C11H16N2OS/c1-8-2-3-15-10(8)7-13-11(14)4-9-5-12-6-9/h2-3,9,12H,4-7H2,1H3,(H,13,14). The molecule has 2 N–H and O–H groups in total. The maximum absolute atomic E-state index is 11.5. The van der Waals surface area contributed by atoms with Gasteiger partial charge in [-0.3, -0.25) is 4.79 Å². The van der Waals surface area contributed by atoms with E-state index in [0.717, 1.165) is 13.1 Å². The van der Waals surface area contributed by atoms with Gasteiger partial charge in [0.1, 0.15) is 0 Å². The van der Waals surface area contributed by atoms with Gasteiger partial charge in [0.05, 0.1) is 6.54 Å². The fourth-order valence-electron chi connectivity index (χ4n) is 1.59. The minimum absolute atomic E-state index is 0.175. The minimum Gasteiger partial charge on any atom is -0.351 e.